The fourth-order valence-electron chi connectivity index (χ4n) is 4.00. The van der Waals surface area contributed by atoms with Crippen LogP contribution in [0.4, 0.5) is 0 Å². The van der Waals surface area contributed by atoms with E-state index in [1.54, 1.807) is 0 Å². The van der Waals surface area contributed by atoms with Gasteiger partial charge in [0.25, 0.3) is 0 Å². The Morgan fingerprint density at radius 2 is 1.89 bits per heavy atom. The Bertz CT molecular complexity index is 964. The van der Waals surface area contributed by atoms with Crippen LogP contribution in [0, 0.1) is 0 Å². The van der Waals surface area contributed by atoms with Crippen molar-refractivity contribution in [1.29, 1.82) is 0 Å². The number of para-hydroxylation sites is 1. The van der Waals surface area contributed by atoms with E-state index in [4.69, 9.17) is 0 Å². The maximum atomic E-state index is 13.4. The number of quaternary nitrogens is 1. The standard InChI is InChI=1S/C23H25N3O2/c27-21-12-6-14-26(21)15-7-13-24-22(17-8-2-1-3-9-17)23(28)19-16-25-20-11-5-4-10-18(19)20/h1-5,8-11,16,22,24-25H,6-7,12-15H2/p+1/t22-/m1/s1. The van der Waals surface area contributed by atoms with Gasteiger partial charge in [-0.2, -0.15) is 0 Å². The van der Waals surface area contributed by atoms with Gasteiger partial charge in [0.2, 0.25) is 11.7 Å². The lowest BCUT2D eigenvalue weighted by Gasteiger charge is -2.17. The summed E-state index contributed by atoms with van der Waals surface area (Å²) in [4.78, 5) is 30.3. The Morgan fingerprint density at radius 1 is 1.11 bits per heavy atom. The molecule has 1 aliphatic rings. The van der Waals surface area contributed by atoms with Crippen molar-refractivity contribution in [2.24, 2.45) is 0 Å². The number of amides is 1. The molecular formula is C23H26N3O2+. The highest BCUT2D eigenvalue weighted by atomic mass is 16.2. The lowest BCUT2D eigenvalue weighted by Crippen LogP contribution is -2.87. The number of H-pyrrole nitrogens is 1. The predicted molar refractivity (Wildman–Crippen MR) is 109 cm³/mol. The van der Waals surface area contributed by atoms with Crippen molar-refractivity contribution in [3.05, 3.63) is 71.9 Å². The molecule has 5 heteroatoms. The van der Waals surface area contributed by atoms with E-state index >= 15 is 0 Å². The fourth-order valence-corrected chi connectivity index (χ4v) is 4.00. The van der Waals surface area contributed by atoms with Crippen LogP contribution in [0.15, 0.2) is 60.8 Å². The third kappa shape index (κ3) is 3.85. The maximum absolute atomic E-state index is 13.4. The number of nitrogens with two attached hydrogens (primary N) is 1. The van der Waals surface area contributed by atoms with Crippen LogP contribution in [0.25, 0.3) is 10.9 Å². The van der Waals surface area contributed by atoms with E-state index in [1.165, 1.54) is 0 Å². The van der Waals surface area contributed by atoms with E-state index in [0.29, 0.717) is 6.42 Å². The summed E-state index contributed by atoms with van der Waals surface area (Å²) in [5, 5.41) is 3.07. The van der Waals surface area contributed by atoms with E-state index in [9.17, 15) is 9.59 Å². The summed E-state index contributed by atoms with van der Waals surface area (Å²) in [6.07, 6.45) is 4.35. The molecule has 1 atom stereocenters. The third-order valence-corrected chi connectivity index (χ3v) is 5.50. The minimum Gasteiger partial charge on any atom is -0.360 e. The molecule has 1 fully saturated rings. The molecule has 3 aromatic rings. The second-order valence-corrected chi connectivity index (χ2v) is 7.36. The Morgan fingerprint density at radius 3 is 2.68 bits per heavy atom. The molecule has 1 amide bonds. The minimum absolute atomic E-state index is 0.112. The third-order valence-electron chi connectivity index (χ3n) is 5.50. The predicted octanol–water partition coefficient (Wildman–Crippen LogP) is 2.67. The van der Waals surface area contributed by atoms with Crippen LogP contribution < -0.4 is 5.32 Å². The number of ketones is 1. The number of aromatic amines is 1. The monoisotopic (exact) mass is 376 g/mol. The molecule has 0 bridgehead atoms. The normalized spacial score (nSPS) is 15.3. The molecule has 144 valence electrons. The first kappa shape index (κ1) is 18.4. The van der Waals surface area contributed by atoms with Crippen LogP contribution in [-0.4, -0.2) is 41.2 Å². The van der Waals surface area contributed by atoms with Crippen molar-refractivity contribution in [3.63, 3.8) is 0 Å². The number of hydrogen-bond donors (Lipinski definition) is 2. The molecule has 28 heavy (non-hydrogen) atoms. The molecule has 1 aliphatic heterocycles. The Kier molecular flexibility index (Phi) is 5.53. The number of rotatable bonds is 8. The van der Waals surface area contributed by atoms with Gasteiger partial charge in [0.1, 0.15) is 0 Å². The SMILES string of the molecule is O=C(c1c[nH]c2ccccc12)[C@H]([NH2+]CCCN1CCCC1=O)c1ccccc1. The van der Waals surface area contributed by atoms with Crippen molar-refractivity contribution in [2.75, 3.05) is 19.6 Å². The van der Waals surface area contributed by atoms with E-state index in [-0.39, 0.29) is 17.7 Å². The number of carbonyl (C=O) groups is 2. The molecule has 0 spiro atoms. The molecular weight excluding hydrogens is 350 g/mol. The summed E-state index contributed by atoms with van der Waals surface area (Å²) in [6, 6.07) is 17.6. The van der Waals surface area contributed by atoms with Gasteiger partial charge in [-0.05, 0) is 12.5 Å². The van der Waals surface area contributed by atoms with Gasteiger partial charge in [0, 0.05) is 54.2 Å². The smallest absolute Gasteiger partial charge is 0.226 e. The topological polar surface area (TPSA) is 69.8 Å². The number of nitrogens with zero attached hydrogens (tertiary/aromatic N) is 1. The largest absolute Gasteiger partial charge is 0.360 e. The van der Waals surface area contributed by atoms with E-state index < -0.39 is 0 Å². The highest BCUT2D eigenvalue weighted by molar-refractivity contribution is 6.09. The average molecular weight is 376 g/mol. The van der Waals surface area contributed by atoms with Crippen molar-refractivity contribution in [2.45, 2.75) is 25.3 Å². The molecule has 5 nitrogen and oxygen atoms in total. The first-order valence-electron chi connectivity index (χ1n) is 10.0. The first-order chi connectivity index (χ1) is 13.7. The summed E-state index contributed by atoms with van der Waals surface area (Å²) in [5.41, 5.74) is 2.72. The van der Waals surface area contributed by atoms with Crippen molar-refractivity contribution >= 4 is 22.6 Å². The second kappa shape index (κ2) is 8.40. The van der Waals surface area contributed by atoms with Crippen LogP contribution in [0.5, 0.6) is 0 Å². The van der Waals surface area contributed by atoms with Gasteiger partial charge in [-0.15, -0.1) is 0 Å². The molecule has 3 N–H and O–H groups in total. The number of fused-ring (bicyclic) bond motifs is 1. The van der Waals surface area contributed by atoms with Gasteiger partial charge in [-0.25, -0.2) is 0 Å². The Hall–Kier alpha value is -2.92. The molecule has 1 aromatic heterocycles. The number of benzene rings is 2. The summed E-state index contributed by atoms with van der Waals surface area (Å²) in [7, 11) is 0. The van der Waals surface area contributed by atoms with Crippen molar-refractivity contribution in [3.8, 4) is 0 Å². The molecule has 0 radical (unpaired) electrons. The molecule has 0 saturated carbocycles. The number of aromatic nitrogens is 1. The summed E-state index contributed by atoms with van der Waals surface area (Å²) in [5.74, 6) is 0.371. The lowest BCUT2D eigenvalue weighted by atomic mass is 9.97. The van der Waals surface area contributed by atoms with Crippen LogP contribution in [-0.2, 0) is 4.79 Å². The zero-order valence-corrected chi connectivity index (χ0v) is 15.9. The van der Waals surface area contributed by atoms with Crippen molar-refractivity contribution in [1.82, 2.24) is 9.88 Å². The molecule has 2 heterocycles. The number of Topliss-reactive ketones (excluding diaryl/α,β-unsaturated/α-hetero) is 1. The van der Waals surface area contributed by atoms with Crippen molar-refractivity contribution < 1.29 is 14.9 Å². The highest BCUT2D eigenvalue weighted by Crippen LogP contribution is 2.22. The van der Waals surface area contributed by atoms with Gasteiger partial charge in [0.15, 0.2) is 6.04 Å². The Balaban J connectivity index is 1.49. The van der Waals surface area contributed by atoms with Crippen LogP contribution in [0.2, 0.25) is 0 Å². The highest BCUT2D eigenvalue weighted by Gasteiger charge is 2.27. The zero-order valence-electron chi connectivity index (χ0n) is 15.9. The molecule has 4 rings (SSSR count). The maximum Gasteiger partial charge on any atom is 0.226 e. The number of hydrogen-bond acceptors (Lipinski definition) is 2. The Labute approximate surface area is 164 Å². The molecule has 1 saturated heterocycles. The van der Waals surface area contributed by atoms with E-state index in [0.717, 1.165) is 54.5 Å². The van der Waals surface area contributed by atoms with Crippen LogP contribution in [0.1, 0.15) is 41.2 Å². The summed E-state index contributed by atoms with van der Waals surface area (Å²) >= 11 is 0. The fraction of sp³-hybridized carbons (Fsp3) is 0.304. The average Bonchev–Trinajstić information content (AvgIpc) is 3.34. The minimum atomic E-state index is -0.283. The van der Waals surface area contributed by atoms with Gasteiger partial charge in [0.05, 0.1) is 6.54 Å². The first-order valence-corrected chi connectivity index (χ1v) is 10.0. The van der Waals surface area contributed by atoms with Gasteiger partial charge < -0.3 is 15.2 Å². The van der Waals surface area contributed by atoms with Gasteiger partial charge in [-0.1, -0.05) is 48.5 Å². The molecule has 0 aliphatic carbocycles. The number of likely N-dealkylation sites (tertiary alicyclic amines) is 1. The van der Waals surface area contributed by atoms with Gasteiger partial charge in [-0.3, -0.25) is 9.59 Å². The molecule has 0 unspecified atom stereocenters. The van der Waals surface area contributed by atoms with E-state index in [1.807, 2.05) is 65.7 Å². The summed E-state index contributed by atoms with van der Waals surface area (Å²) in [6.45, 7) is 2.45. The lowest BCUT2D eigenvalue weighted by molar-refractivity contribution is -0.681. The van der Waals surface area contributed by atoms with Crippen LogP contribution >= 0.6 is 0 Å². The quantitative estimate of drug-likeness (QED) is 0.469. The number of carbonyl (C=O) groups excluding carboxylic acids is 2. The van der Waals surface area contributed by atoms with E-state index in [2.05, 4.69) is 10.3 Å². The second-order valence-electron chi connectivity index (χ2n) is 7.36. The van der Waals surface area contributed by atoms with Gasteiger partial charge >= 0.3 is 0 Å². The number of nitrogens with one attached hydrogen (secondary N) is 1. The van der Waals surface area contributed by atoms with Crippen LogP contribution in [0.3, 0.4) is 0 Å². The zero-order chi connectivity index (χ0) is 19.3. The summed E-state index contributed by atoms with van der Waals surface area (Å²) < 4.78 is 0. The molecule has 2 aromatic carbocycles.